The van der Waals surface area contributed by atoms with E-state index in [-0.39, 0.29) is 49.4 Å². The molecule has 0 unspecified atom stereocenters. The fourth-order valence-corrected chi connectivity index (χ4v) is 4.34. The molecule has 0 aromatic heterocycles. The van der Waals surface area contributed by atoms with Crippen molar-refractivity contribution in [2.75, 3.05) is 39.8 Å². The van der Waals surface area contributed by atoms with Gasteiger partial charge < -0.3 is 30.5 Å². The van der Waals surface area contributed by atoms with Crippen LogP contribution in [0.5, 0.6) is 5.75 Å². The standard InChI is InChI=1S/C26H37N5O6/c1-17(2)23-26(36)30(3)14-15-37-20-9-5-4-8-18(20)24(34)28-19(16-21(32)29-23)25(35)27-11-7-13-31-12-6-10-22(31)33/h4-5,8-9,17,19,23H,6-7,10-16H2,1-3H3,(H,27,35)(H,28,34)(H,29,32)/t19-,23+/m0/s1. The smallest absolute Gasteiger partial charge is 0.255 e. The molecule has 0 bridgehead atoms. The van der Waals surface area contributed by atoms with Crippen LogP contribution in [0.1, 0.15) is 49.9 Å². The number of rotatable bonds is 6. The van der Waals surface area contributed by atoms with Crippen LogP contribution in [-0.4, -0.2) is 91.3 Å². The van der Waals surface area contributed by atoms with Gasteiger partial charge in [0.15, 0.2) is 0 Å². The number of carbonyl (C=O) groups excluding carboxylic acids is 5. The van der Waals surface area contributed by atoms with E-state index in [1.165, 1.54) is 4.90 Å². The van der Waals surface area contributed by atoms with E-state index >= 15 is 0 Å². The third-order valence-corrected chi connectivity index (χ3v) is 6.53. The number of likely N-dealkylation sites (N-methyl/N-ethyl adjacent to an activating group) is 1. The lowest BCUT2D eigenvalue weighted by Gasteiger charge is -2.28. The van der Waals surface area contributed by atoms with Crippen LogP contribution in [0.3, 0.4) is 0 Å². The number of fused-ring (bicyclic) bond motifs is 1. The van der Waals surface area contributed by atoms with E-state index in [1.807, 2.05) is 13.8 Å². The lowest BCUT2D eigenvalue weighted by Crippen LogP contribution is -2.54. The quantitative estimate of drug-likeness (QED) is 0.466. The molecule has 11 nitrogen and oxygen atoms in total. The second-order valence-corrected chi connectivity index (χ2v) is 9.75. The summed E-state index contributed by atoms with van der Waals surface area (Å²) in [7, 11) is 1.63. The predicted octanol–water partition coefficient (Wildman–Crippen LogP) is 0.295. The third kappa shape index (κ3) is 7.68. The Morgan fingerprint density at radius 3 is 2.59 bits per heavy atom. The zero-order valence-electron chi connectivity index (χ0n) is 21.7. The van der Waals surface area contributed by atoms with Crippen LogP contribution in [0.4, 0.5) is 0 Å². The van der Waals surface area contributed by atoms with Gasteiger partial charge in [0, 0.05) is 33.1 Å². The summed E-state index contributed by atoms with van der Waals surface area (Å²) in [6.07, 6.45) is 1.61. The molecule has 5 amide bonds. The monoisotopic (exact) mass is 515 g/mol. The van der Waals surface area contributed by atoms with Crippen molar-refractivity contribution in [2.24, 2.45) is 5.92 Å². The second-order valence-electron chi connectivity index (χ2n) is 9.75. The summed E-state index contributed by atoms with van der Waals surface area (Å²) in [4.78, 5) is 67.1. The van der Waals surface area contributed by atoms with Crippen molar-refractivity contribution in [3.63, 3.8) is 0 Å². The highest BCUT2D eigenvalue weighted by atomic mass is 16.5. The molecule has 0 spiro atoms. The summed E-state index contributed by atoms with van der Waals surface area (Å²) in [5, 5.41) is 8.15. The zero-order valence-corrected chi connectivity index (χ0v) is 21.7. The second kappa shape index (κ2) is 13.1. The van der Waals surface area contributed by atoms with Crippen LogP contribution < -0.4 is 20.7 Å². The van der Waals surface area contributed by atoms with Crippen molar-refractivity contribution in [1.29, 1.82) is 0 Å². The number of likely N-dealkylation sites (tertiary alicyclic amines) is 1. The number of hydrogen-bond acceptors (Lipinski definition) is 6. The van der Waals surface area contributed by atoms with Gasteiger partial charge >= 0.3 is 0 Å². The molecular weight excluding hydrogens is 478 g/mol. The summed E-state index contributed by atoms with van der Waals surface area (Å²) in [5.74, 6) is -1.62. The molecule has 1 fully saturated rings. The minimum atomic E-state index is -1.17. The molecule has 1 aromatic rings. The molecule has 3 N–H and O–H groups in total. The van der Waals surface area contributed by atoms with Crippen LogP contribution >= 0.6 is 0 Å². The molecule has 2 aliphatic heterocycles. The van der Waals surface area contributed by atoms with Gasteiger partial charge in [-0.15, -0.1) is 0 Å². The Labute approximate surface area is 217 Å². The first-order chi connectivity index (χ1) is 17.7. The van der Waals surface area contributed by atoms with Crippen molar-refractivity contribution in [3.8, 4) is 5.75 Å². The van der Waals surface area contributed by atoms with Crippen LogP contribution in [0.15, 0.2) is 24.3 Å². The van der Waals surface area contributed by atoms with Gasteiger partial charge in [0.2, 0.25) is 23.6 Å². The lowest BCUT2D eigenvalue weighted by atomic mass is 10.0. The van der Waals surface area contributed by atoms with Crippen molar-refractivity contribution < 1.29 is 28.7 Å². The van der Waals surface area contributed by atoms with Crippen molar-refractivity contribution >= 4 is 29.5 Å². The van der Waals surface area contributed by atoms with Gasteiger partial charge in [0.05, 0.1) is 18.5 Å². The number of hydrogen-bond donors (Lipinski definition) is 3. The summed E-state index contributed by atoms with van der Waals surface area (Å²) in [6.45, 7) is 5.60. The molecular formula is C26H37N5O6. The number of benzene rings is 1. The minimum Gasteiger partial charge on any atom is -0.491 e. The van der Waals surface area contributed by atoms with Gasteiger partial charge in [0.1, 0.15) is 24.4 Å². The Kier molecular flexibility index (Phi) is 9.87. The Morgan fingerprint density at radius 1 is 1.14 bits per heavy atom. The largest absolute Gasteiger partial charge is 0.491 e. The molecule has 2 heterocycles. The fourth-order valence-electron chi connectivity index (χ4n) is 4.34. The van der Waals surface area contributed by atoms with Crippen LogP contribution in [0.2, 0.25) is 0 Å². The van der Waals surface area contributed by atoms with Gasteiger partial charge in [-0.25, -0.2) is 0 Å². The molecule has 0 radical (unpaired) electrons. The maximum absolute atomic E-state index is 13.1. The number of amides is 5. The van der Waals surface area contributed by atoms with Gasteiger partial charge in [0.25, 0.3) is 5.91 Å². The normalized spacial score (nSPS) is 21.6. The maximum Gasteiger partial charge on any atom is 0.255 e. The fraction of sp³-hybridized carbons (Fsp3) is 0.577. The number of nitrogens with one attached hydrogen (secondary N) is 3. The first-order valence-electron chi connectivity index (χ1n) is 12.8. The van der Waals surface area contributed by atoms with Crippen molar-refractivity contribution in [3.05, 3.63) is 29.8 Å². The van der Waals surface area contributed by atoms with E-state index in [2.05, 4.69) is 16.0 Å². The van der Waals surface area contributed by atoms with Crippen molar-refractivity contribution in [1.82, 2.24) is 25.8 Å². The summed E-state index contributed by atoms with van der Waals surface area (Å²) >= 11 is 0. The molecule has 3 rings (SSSR count). The van der Waals surface area contributed by atoms with E-state index in [4.69, 9.17) is 4.74 Å². The summed E-state index contributed by atoms with van der Waals surface area (Å²) in [6, 6.07) is 4.66. The van der Waals surface area contributed by atoms with Gasteiger partial charge in [-0.05, 0) is 30.9 Å². The lowest BCUT2D eigenvalue weighted by molar-refractivity contribution is -0.137. The molecule has 37 heavy (non-hydrogen) atoms. The van der Waals surface area contributed by atoms with Crippen LogP contribution in [0.25, 0.3) is 0 Å². The highest BCUT2D eigenvalue weighted by Crippen LogP contribution is 2.19. The molecule has 2 aliphatic rings. The van der Waals surface area contributed by atoms with E-state index < -0.39 is 29.8 Å². The average molecular weight is 516 g/mol. The predicted molar refractivity (Wildman–Crippen MR) is 136 cm³/mol. The number of nitrogens with zero attached hydrogens (tertiary/aromatic N) is 2. The Balaban J connectivity index is 1.75. The molecule has 11 heteroatoms. The Hall–Kier alpha value is -3.63. The molecule has 1 aromatic carbocycles. The minimum absolute atomic E-state index is 0.113. The van der Waals surface area contributed by atoms with E-state index in [0.29, 0.717) is 25.1 Å². The Bertz CT molecular complexity index is 1010. The number of para-hydroxylation sites is 1. The molecule has 202 valence electrons. The van der Waals surface area contributed by atoms with Gasteiger partial charge in [-0.3, -0.25) is 24.0 Å². The molecule has 0 saturated carbocycles. The summed E-state index contributed by atoms with van der Waals surface area (Å²) in [5.41, 5.74) is 0.222. The number of ether oxygens (including phenoxy) is 1. The van der Waals surface area contributed by atoms with Gasteiger partial charge in [-0.1, -0.05) is 26.0 Å². The van der Waals surface area contributed by atoms with Crippen molar-refractivity contribution in [2.45, 2.75) is 51.6 Å². The highest BCUT2D eigenvalue weighted by Gasteiger charge is 2.31. The molecule has 0 aliphatic carbocycles. The van der Waals surface area contributed by atoms with E-state index in [1.54, 1.807) is 36.2 Å². The maximum atomic E-state index is 13.1. The van der Waals surface area contributed by atoms with E-state index in [0.717, 1.165) is 13.0 Å². The van der Waals surface area contributed by atoms with Crippen LogP contribution in [0, 0.1) is 5.92 Å². The third-order valence-electron chi connectivity index (χ3n) is 6.53. The van der Waals surface area contributed by atoms with Gasteiger partial charge in [-0.2, -0.15) is 0 Å². The first-order valence-corrected chi connectivity index (χ1v) is 12.8. The molecule has 1 saturated heterocycles. The number of carbonyl (C=O) groups is 5. The SMILES string of the molecule is CC(C)[C@H]1NC(=O)C[C@@H](C(=O)NCCCN2CCCC2=O)NC(=O)c2ccccc2OCCN(C)C1=O. The van der Waals surface area contributed by atoms with Crippen LogP contribution in [-0.2, 0) is 19.2 Å². The molecule has 2 atom stereocenters. The zero-order chi connectivity index (χ0) is 26.9. The van der Waals surface area contributed by atoms with E-state index in [9.17, 15) is 24.0 Å². The first kappa shape index (κ1) is 27.9. The average Bonchev–Trinajstić information content (AvgIpc) is 3.28. The topological polar surface area (TPSA) is 137 Å². The highest BCUT2D eigenvalue weighted by molar-refractivity contribution is 6.01. The summed E-state index contributed by atoms with van der Waals surface area (Å²) < 4.78 is 5.80. The Morgan fingerprint density at radius 2 is 1.89 bits per heavy atom.